The first-order chi connectivity index (χ1) is 11.1. The van der Waals surface area contributed by atoms with Crippen LogP contribution in [0.25, 0.3) is 0 Å². The summed E-state index contributed by atoms with van der Waals surface area (Å²) in [6, 6.07) is 15.5. The van der Waals surface area contributed by atoms with Crippen LogP contribution in [0, 0.1) is 0 Å². The van der Waals surface area contributed by atoms with E-state index in [0.29, 0.717) is 0 Å². The highest BCUT2D eigenvalue weighted by molar-refractivity contribution is 5.94. The van der Waals surface area contributed by atoms with Gasteiger partial charge < -0.3 is 15.4 Å². The highest BCUT2D eigenvalue weighted by atomic mass is 16.5. The fraction of sp³-hybridized carbons (Fsp3) is 0.316. The Morgan fingerprint density at radius 3 is 2.43 bits per heavy atom. The summed E-state index contributed by atoms with van der Waals surface area (Å²) in [5.74, 6) is 0.764. The van der Waals surface area contributed by atoms with Crippen molar-refractivity contribution in [2.45, 2.75) is 33.3 Å². The molecule has 0 heterocycles. The van der Waals surface area contributed by atoms with E-state index in [1.165, 1.54) is 0 Å². The molecule has 2 N–H and O–H groups in total. The zero-order chi connectivity index (χ0) is 16.7. The molecule has 2 rings (SSSR count). The number of nitrogens with one attached hydrogen (secondary N) is 2. The van der Waals surface area contributed by atoms with E-state index < -0.39 is 0 Å². The lowest BCUT2D eigenvalue weighted by Crippen LogP contribution is -2.22. The lowest BCUT2D eigenvalue weighted by atomic mass is 10.1. The van der Waals surface area contributed by atoms with Gasteiger partial charge in [0.1, 0.15) is 5.75 Å². The summed E-state index contributed by atoms with van der Waals surface area (Å²) in [6.07, 6.45) is 1.04. The molecule has 0 aliphatic heterocycles. The highest BCUT2D eigenvalue weighted by Gasteiger charge is 2.05. The summed E-state index contributed by atoms with van der Waals surface area (Å²) in [6.45, 7) is 6.28. The van der Waals surface area contributed by atoms with E-state index in [1.807, 2.05) is 62.4 Å². The Kier molecular flexibility index (Phi) is 6.03. The van der Waals surface area contributed by atoms with Crippen molar-refractivity contribution in [1.82, 2.24) is 0 Å². The molecule has 0 aliphatic rings. The van der Waals surface area contributed by atoms with E-state index in [0.717, 1.165) is 29.1 Å². The van der Waals surface area contributed by atoms with Gasteiger partial charge in [-0.05, 0) is 56.2 Å². The van der Waals surface area contributed by atoms with Crippen molar-refractivity contribution >= 4 is 17.3 Å². The molecule has 2 aromatic rings. The number of ether oxygens (including phenoxy) is 1. The lowest BCUT2D eigenvalue weighted by Gasteiger charge is -2.12. The molecule has 23 heavy (non-hydrogen) atoms. The molecule has 4 nitrogen and oxygen atoms in total. The largest absolute Gasteiger partial charge is 0.491 e. The molecule has 0 aromatic heterocycles. The zero-order valence-corrected chi connectivity index (χ0v) is 13.9. The van der Waals surface area contributed by atoms with Gasteiger partial charge in [-0.3, -0.25) is 4.79 Å². The highest BCUT2D eigenvalue weighted by Crippen LogP contribution is 2.17. The standard InChI is InChI=1S/C19H24N2O2/c1-4-15-7-5-6-8-18(15)21-19(22)13-20-16-9-11-17(12-10-16)23-14(2)3/h5-12,14,20H,4,13H2,1-3H3,(H,21,22). The Labute approximate surface area is 137 Å². The monoisotopic (exact) mass is 312 g/mol. The number of hydrogen-bond acceptors (Lipinski definition) is 3. The van der Waals surface area contributed by atoms with Gasteiger partial charge in [-0.2, -0.15) is 0 Å². The first-order valence-corrected chi connectivity index (χ1v) is 7.97. The molecular formula is C19H24N2O2. The number of aryl methyl sites for hydroxylation is 1. The summed E-state index contributed by atoms with van der Waals surface area (Å²) in [5.41, 5.74) is 2.90. The normalized spacial score (nSPS) is 10.4. The first-order valence-electron chi connectivity index (χ1n) is 7.97. The molecule has 0 spiro atoms. The van der Waals surface area contributed by atoms with Crippen molar-refractivity contribution in [2.75, 3.05) is 17.2 Å². The maximum Gasteiger partial charge on any atom is 0.243 e. The minimum Gasteiger partial charge on any atom is -0.491 e. The van der Waals surface area contributed by atoms with Crippen LogP contribution in [-0.2, 0) is 11.2 Å². The predicted octanol–water partition coefficient (Wildman–Crippen LogP) is 4.09. The van der Waals surface area contributed by atoms with Gasteiger partial charge in [0, 0.05) is 11.4 Å². The second-order valence-corrected chi connectivity index (χ2v) is 5.60. The van der Waals surface area contributed by atoms with Crippen molar-refractivity contribution in [2.24, 2.45) is 0 Å². The minimum absolute atomic E-state index is 0.0617. The molecule has 0 aliphatic carbocycles. The first kappa shape index (κ1) is 16.9. The Balaban J connectivity index is 1.86. The molecule has 0 bridgehead atoms. The smallest absolute Gasteiger partial charge is 0.243 e. The van der Waals surface area contributed by atoms with Gasteiger partial charge in [0.25, 0.3) is 0 Å². The van der Waals surface area contributed by atoms with Crippen molar-refractivity contribution in [3.8, 4) is 5.75 Å². The van der Waals surface area contributed by atoms with Crippen LogP contribution in [0.2, 0.25) is 0 Å². The SMILES string of the molecule is CCc1ccccc1NC(=O)CNc1ccc(OC(C)C)cc1. The fourth-order valence-corrected chi connectivity index (χ4v) is 2.25. The third-order valence-corrected chi connectivity index (χ3v) is 3.35. The van der Waals surface area contributed by atoms with Crippen LogP contribution in [0.15, 0.2) is 48.5 Å². The van der Waals surface area contributed by atoms with E-state index in [1.54, 1.807) is 0 Å². The van der Waals surface area contributed by atoms with Gasteiger partial charge in [0.15, 0.2) is 0 Å². The zero-order valence-electron chi connectivity index (χ0n) is 13.9. The van der Waals surface area contributed by atoms with Crippen LogP contribution in [0.5, 0.6) is 5.75 Å². The molecule has 0 atom stereocenters. The Hall–Kier alpha value is -2.49. The average molecular weight is 312 g/mol. The van der Waals surface area contributed by atoms with E-state index in [4.69, 9.17) is 4.74 Å². The van der Waals surface area contributed by atoms with Gasteiger partial charge in [-0.1, -0.05) is 25.1 Å². The predicted molar refractivity (Wildman–Crippen MR) is 95.1 cm³/mol. The van der Waals surface area contributed by atoms with Crippen molar-refractivity contribution in [1.29, 1.82) is 0 Å². The number of carbonyl (C=O) groups excluding carboxylic acids is 1. The van der Waals surface area contributed by atoms with E-state index in [2.05, 4.69) is 17.6 Å². The van der Waals surface area contributed by atoms with Crippen LogP contribution >= 0.6 is 0 Å². The number of anilines is 2. The molecule has 2 aromatic carbocycles. The van der Waals surface area contributed by atoms with Gasteiger partial charge in [0.2, 0.25) is 5.91 Å². The quantitative estimate of drug-likeness (QED) is 0.809. The fourth-order valence-electron chi connectivity index (χ4n) is 2.25. The van der Waals surface area contributed by atoms with Crippen molar-refractivity contribution in [3.05, 3.63) is 54.1 Å². The Bertz CT molecular complexity index is 636. The Morgan fingerprint density at radius 1 is 1.09 bits per heavy atom. The summed E-state index contributed by atoms with van der Waals surface area (Å²) in [4.78, 5) is 12.1. The minimum atomic E-state index is -0.0617. The van der Waals surface area contributed by atoms with Gasteiger partial charge >= 0.3 is 0 Å². The van der Waals surface area contributed by atoms with Gasteiger partial charge in [0.05, 0.1) is 12.6 Å². The molecule has 0 radical (unpaired) electrons. The molecular weight excluding hydrogens is 288 g/mol. The van der Waals surface area contributed by atoms with Gasteiger partial charge in [-0.15, -0.1) is 0 Å². The van der Waals surface area contributed by atoms with E-state index in [9.17, 15) is 4.79 Å². The molecule has 0 saturated carbocycles. The van der Waals surface area contributed by atoms with Crippen molar-refractivity contribution in [3.63, 3.8) is 0 Å². The third kappa shape index (κ3) is 5.33. The molecule has 1 amide bonds. The lowest BCUT2D eigenvalue weighted by molar-refractivity contribution is -0.114. The summed E-state index contributed by atoms with van der Waals surface area (Å²) < 4.78 is 5.59. The number of rotatable bonds is 7. The second kappa shape index (κ2) is 8.22. The number of hydrogen-bond donors (Lipinski definition) is 2. The summed E-state index contributed by atoms with van der Waals surface area (Å²) in [7, 11) is 0. The number of amides is 1. The number of para-hydroxylation sites is 1. The number of carbonyl (C=O) groups is 1. The topological polar surface area (TPSA) is 50.4 Å². The average Bonchev–Trinajstić information content (AvgIpc) is 2.54. The van der Waals surface area contributed by atoms with Crippen LogP contribution in [0.3, 0.4) is 0 Å². The van der Waals surface area contributed by atoms with E-state index in [-0.39, 0.29) is 18.6 Å². The molecule has 0 fully saturated rings. The van der Waals surface area contributed by atoms with Crippen LogP contribution in [-0.4, -0.2) is 18.6 Å². The van der Waals surface area contributed by atoms with E-state index >= 15 is 0 Å². The molecule has 4 heteroatoms. The molecule has 122 valence electrons. The molecule has 0 saturated heterocycles. The maximum atomic E-state index is 12.1. The third-order valence-electron chi connectivity index (χ3n) is 3.35. The summed E-state index contributed by atoms with van der Waals surface area (Å²) in [5, 5.41) is 6.06. The van der Waals surface area contributed by atoms with Crippen LogP contribution < -0.4 is 15.4 Å². The second-order valence-electron chi connectivity index (χ2n) is 5.60. The van der Waals surface area contributed by atoms with Crippen molar-refractivity contribution < 1.29 is 9.53 Å². The number of benzene rings is 2. The molecule has 0 unspecified atom stereocenters. The van der Waals surface area contributed by atoms with Crippen LogP contribution in [0.1, 0.15) is 26.3 Å². The Morgan fingerprint density at radius 2 is 1.78 bits per heavy atom. The summed E-state index contributed by atoms with van der Waals surface area (Å²) >= 11 is 0. The van der Waals surface area contributed by atoms with Crippen LogP contribution in [0.4, 0.5) is 11.4 Å². The maximum absolute atomic E-state index is 12.1. The van der Waals surface area contributed by atoms with Gasteiger partial charge in [-0.25, -0.2) is 0 Å².